The Morgan fingerprint density at radius 2 is 1.74 bits per heavy atom. The van der Waals surface area contributed by atoms with Gasteiger partial charge in [-0.25, -0.2) is 0 Å². The van der Waals surface area contributed by atoms with Crippen LogP contribution < -0.4 is 4.74 Å². The number of hydrogen-bond donors (Lipinski definition) is 3. The summed E-state index contributed by atoms with van der Waals surface area (Å²) >= 11 is 26.2. The fourth-order valence-corrected chi connectivity index (χ4v) is 6.77. The molecule has 6 atom stereocenters. The molecule has 0 spiro atoms. The molecule has 0 radical (unpaired) electrons. The van der Waals surface area contributed by atoms with Crippen LogP contribution in [-0.2, 0) is 11.2 Å². The quantitative estimate of drug-likeness (QED) is 0.321. The minimum absolute atomic E-state index is 0.0977. The highest BCUT2D eigenvalue weighted by Crippen LogP contribution is 2.60. The number of aromatic hydroxyl groups is 1. The summed E-state index contributed by atoms with van der Waals surface area (Å²) in [4.78, 5) is 11.9. The molecular formula is C22H28Cl4O5. The number of rotatable bonds is 6. The monoisotopic (exact) mass is 512 g/mol. The molecule has 3 N–H and O–H groups in total. The van der Waals surface area contributed by atoms with Crippen molar-refractivity contribution >= 4 is 52.4 Å². The Kier molecular flexibility index (Phi) is 7.55. The van der Waals surface area contributed by atoms with Crippen molar-refractivity contribution < 1.29 is 24.9 Å². The number of aliphatic carboxylic acids is 1. The van der Waals surface area contributed by atoms with Gasteiger partial charge in [-0.15, -0.1) is 23.2 Å². The van der Waals surface area contributed by atoms with Crippen molar-refractivity contribution in [1.82, 2.24) is 0 Å². The highest BCUT2D eigenvalue weighted by molar-refractivity contribution is 6.38. The number of aliphatic hydroxyl groups is 1. The van der Waals surface area contributed by atoms with Crippen LogP contribution in [0.15, 0.2) is 0 Å². The Bertz CT molecular complexity index is 859. The van der Waals surface area contributed by atoms with Gasteiger partial charge in [0.15, 0.2) is 0 Å². The van der Waals surface area contributed by atoms with Gasteiger partial charge >= 0.3 is 5.97 Å². The van der Waals surface area contributed by atoms with Crippen LogP contribution in [0.25, 0.3) is 0 Å². The zero-order valence-electron chi connectivity index (χ0n) is 17.7. The highest BCUT2D eigenvalue weighted by Gasteiger charge is 2.61. The largest absolute Gasteiger partial charge is 0.506 e. The number of hydrogen-bond acceptors (Lipinski definition) is 4. The predicted molar refractivity (Wildman–Crippen MR) is 123 cm³/mol. The number of benzene rings is 1. The summed E-state index contributed by atoms with van der Waals surface area (Å²) in [5.74, 6) is -4.05. The number of alkyl halides is 2. The second-order valence-corrected chi connectivity index (χ2v) is 10.8. The Morgan fingerprint density at radius 1 is 1.10 bits per heavy atom. The molecule has 0 aromatic heterocycles. The summed E-state index contributed by atoms with van der Waals surface area (Å²) < 4.78 is 6.23. The Balaban J connectivity index is 2.15. The van der Waals surface area contributed by atoms with E-state index in [1.165, 1.54) is 0 Å². The lowest BCUT2D eigenvalue weighted by molar-refractivity contribution is -0.151. The van der Waals surface area contributed by atoms with E-state index in [1.54, 1.807) is 13.8 Å². The van der Waals surface area contributed by atoms with Gasteiger partial charge in [0.2, 0.25) is 0 Å². The molecule has 3 rings (SSSR count). The maximum Gasteiger partial charge on any atom is 0.310 e. The number of carboxylic acids is 1. The number of carboxylic acid groups (broad SMARTS) is 1. The van der Waals surface area contributed by atoms with Crippen LogP contribution >= 0.6 is 46.4 Å². The molecule has 1 saturated carbocycles. The van der Waals surface area contributed by atoms with Gasteiger partial charge in [0.1, 0.15) is 23.0 Å². The number of phenols is 1. The minimum atomic E-state index is -1.41. The molecule has 1 heterocycles. The van der Waals surface area contributed by atoms with Crippen LogP contribution in [0.3, 0.4) is 0 Å². The standard InChI is InChI=1S/C22H28Cl4O5/c1-4-5-6-7-8-9-14(23)19(28)11-10-13(22(2,3)31-20(11)15(9)24)17(26)16(25)12(18(10)27)21(29)30/h10,12-13,16-18,27-28H,4-8H2,1-3H3,(H,29,30). The van der Waals surface area contributed by atoms with Crippen molar-refractivity contribution in [1.29, 1.82) is 0 Å². The second-order valence-electron chi connectivity index (χ2n) is 9.01. The predicted octanol–water partition coefficient (Wildman–Crippen LogP) is 5.98. The lowest BCUT2D eigenvalue weighted by Gasteiger charge is -2.54. The first-order valence-electron chi connectivity index (χ1n) is 10.6. The molecule has 1 aliphatic heterocycles. The molecule has 31 heavy (non-hydrogen) atoms. The molecule has 2 aliphatic rings. The third-order valence-corrected chi connectivity index (χ3v) is 8.64. The van der Waals surface area contributed by atoms with Gasteiger partial charge in [0.25, 0.3) is 0 Å². The van der Waals surface area contributed by atoms with Crippen molar-refractivity contribution in [3.05, 3.63) is 21.2 Å². The van der Waals surface area contributed by atoms with Gasteiger partial charge in [0.05, 0.1) is 26.9 Å². The van der Waals surface area contributed by atoms with E-state index in [0.29, 0.717) is 12.0 Å². The van der Waals surface area contributed by atoms with Gasteiger partial charge in [-0.3, -0.25) is 4.79 Å². The normalized spacial score (nSPS) is 31.5. The molecule has 1 aromatic rings. The van der Waals surface area contributed by atoms with Gasteiger partial charge in [-0.05, 0) is 32.3 Å². The van der Waals surface area contributed by atoms with E-state index < -0.39 is 46.2 Å². The number of fused-ring (bicyclic) bond motifs is 3. The van der Waals surface area contributed by atoms with Crippen LogP contribution in [0.1, 0.15) is 63.5 Å². The van der Waals surface area contributed by atoms with E-state index in [4.69, 9.17) is 51.1 Å². The van der Waals surface area contributed by atoms with E-state index in [1.807, 2.05) is 0 Å². The average Bonchev–Trinajstić information content (AvgIpc) is 2.68. The lowest BCUT2D eigenvalue weighted by Crippen LogP contribution is -2.61. The Morgan fingerprint density at radius 3 is 2.32 bits per heavy atom. The zero-order chi connectivity index (χ0) is 23.2. The molecule has 1 aromatic carbocycles. The maximum atomic E-state index is 11.9. The maximum absolute atomic E-state index is 11.9. The first kappa shape index (κ1) is 25.0. The van der Waals surface area contributed by atoms with E-state index >= 15 is 0 Å². The third-order valence-electron chi connectivity index (χ3n) is 6.62. The molecule has 0 saturated heterocycles. The third kappa shape index (κ3) is 4.21. The Labute approximate surface area is 202 Å². The van der Waals surface area contributed by atoms with Crippen LogP contribution in [-0.4, -0.2) is 43.7 Å². The number of unbranched alkanes of at least 4 members (excludes halogenated alkanes) is 3. The molecular weight excluding hydrogens is 486 g/mol. The van der Waals surface area contributed by atoms with Crippen LogP contribution in [0, 0.1) is 11.8 Å². The van der Waals surface area contributed by atoms with Crippen molar-refractivity contribution in [2.45, 2.75) is 81.3 Å². The summed E-state index contributed by atoms with van der Waals surface area (Å²) in [5.41, 5.74) is -0.141. The van der Waals surface area contributed by atoms with Gasteiger partial charge < -0.3 is 20.1 Å². The van der Waals surface area contributed by atoms with E-state index in [2.05, 4.69) is 6.92 Å². The van der Waals surface area contributed by atoms with Crippen molar-refractivity contribution in [2.75, 3.05) is 0 Å². The zero-order valence-corrected chi connectivity index (χ0v) is 20.7. The first-order chi connectivity index (χ1) is 14.5. The number of phenolic OH excluding ortho intramolecular Hbond substituents is 1. The summed E-state index contributed by atoms with van der Waals surface area (Å²) in [7, 11) is 0. The lowest BCUT2D eigenvalue weighted by atomic mass is 9.61. The van der Waals surface area contributed by atoms with E-state index in [0.717, 1.165) is 25.7 Å². The Hall–Kier alpha value is -0.590. The van der Waals surface area contributed by atoms with Crippen LogP contribution in [0.2, 0.25) is 10.0 Å². The van der Waals surface area contributed by atoms with Crippen LogP contribution in [0.4, 0.5) is 0 Å². The molecule has 6 unspecified atom stereocenters. The van der Waals surface area contributed by atoms with Crippen LogP contribution in [0.5, 0.6) is 11.5 Å². The fourth-order valence-electron chi connectivity index (χ4n) is 5.08. The summed E-state index contributed by atoms with van der Waals surface area (Å²) in [5, 5.41) is 30.4. The first-order valence-corrected chi connectivity index (χ1v) is 12.2. The number of carbonyl (C=O) groups is 1. The molecule has 5 nitrogen and oxygen atoms in total. The number of halogens is 4. The molecule has 0 bridgehead atoms. The molecule has 1 aliphatic carbocycles. The molecule has 9 heteroatoms. The van der Waals surface area contributed by atoms with Crippen molar-refractivity contribution in [3.63, 3.8) is 0 Å². The van der Waals surface area contributed by atoms with E-state index in [9.17, 15) is 20.1 Å². The van der Waals surface area contributed by atoms with Gasteiger partial charge in [-0.2, -0.15) is 0 Å². The van der Waals surface area contributed by atoms with Gasteiger partial charge in [0, 0.05) is 17.4 Å². The SMILES string of the molecule is CCCCCCc1c(Cl)c(O)c2c(c1Cl)OC(C)(C)C1C(Cl)C(Cl)C(C(=O)O)C(O)C21. The molecule has 174 valence electrons. The summed E-state index contributed by atoms with van der Waals surface area (Å²) in [6, 6.07) is 0. The minimum Gasteiger partial charge on any atom is -0.506 e. The highest BCUT2D eigenvalue weighted by atomic mass is 35.5. The number of ether oxygens (including phenoxy) is 1. The second kappa shape index (κ2) is 9.34. The smallest absolute Gasteiger partial charge is 0.310 e. The van der Waals surface area contributed by atoms with Crippen molar-refractivity contribution in [2.24, 2.45) is 11.8 Å². The topological polar surface area (TPSA) is 87.0 Å². The van der Waals surface area contributed by atoms with Crippen molar-refractivity contribution in [3.8, 4) is 11.5 Å². The fraction of sp³-hybridized carbons (Fsp3) is 0.682. The molecule has 1 fully saturated rings. The summed E-state index contributed by atoms with van der Waals surface area (Å²) in [6.07, 6.45) is 3.18. The average molecular weight is 514 g/mol. The number of aliphatic hydroxyl groups excluding tert-OH is 1. The summed E-state index contributed by atoms with van der Waals surface area (Å²) in [6.45, 7) is 5.71. The van der Waals surface area contributed by atoms with Gasteiger partial charge in [-0.1, -0.05) is 49.4 Å². The van der Waals surface area contributed by atoms with E-state index in [-0.39, 0.29) is 27.1 Å². The molecule has 0 amide bonds.